The zero-order valence-electron chi connectivity index (χ0n) is 26.2. The molecule has 0 unspecified atom stereocenters. The van der Waals surface area contributed by atoms with E-state index in [1.54, 1.807) is 12.1 Å². The summed E-state index contributed by atoms with van der Waals surface area (Å²) in [6.07, 6.45) is 1.77. The third kappa shape index (κ3) is 6.61. The zero-order valence-corrected chi connectivity index (χ0v) is 27.0. The number of benzene rings is 4. The van der Waals surface area contributed by atoms with E-state index >= 15 is 0 Å². The summed E-state index contributed by atoms with van der Waals surface area (Å²) < 4.78 is 8.83. The molecule has 8 heteroatoms. The van der Waals surface area contributed by atoms with Crippen LogP contribution in [0.5, 0.6) is 0 Å². The molecule has 230 valence electrons. The lowest BCUT2D eigenvalue weighted by Crippen LogP contribution is -2.29. The number of carboxylic acid groups (broad SMARTS) is 1. The van der Waals surface area contributed by atoms with Gasteiger partial charge in [0.05, 0.1) is 11.6 Å². The van der Waals surface area contributed by atoms with E-state index in [1.807, 2.05) is 48.5 Å². The molecule has 3 aromatic carbocycles. The van der Waals surface area contributed by atoms with Crippen LogP contribution in [0.3, 0.4) is 0 Å². The third-order valence-corrected chi connectivity index (χ3v) is 8.33. The topological polar surface area (TPSA) is 80.8 Å². The number of fused-ring (bicyclic) bond motifs is 2. The smallest absolute Gasteiger partial charge is 0.336 e. The normalized spacial score (nSPS) is 10.9. The first kappa shape index (κ1) is 31.5. The van der Waals surface area contributed by atoms with Crippen molar-refractivity contribution in [2.24, 2.45) is 0 Å². The zero-order chi connectivity index (χ0) is 32.1. The standard InChI is InChI=1S/C37H38N4O3S/c1-6-24-11-13-25(14-12-24)38-37(45)39-26-15-18-29(32(21-26)36(42)43)35-30-19-16-27(40(7-2)8-3)22-33(30)44-34-23-28(17-20-31(34)35)41(9-4)10-5/h6,11-23H,1,7-10H2,2-5H3,(H2,38,42,43,45)/p+1. The van der Waals surface area contributed by atoms with E-state index in [-0.39, 0.29) is 5.56 Å². The molecule has 1 aliphatic carbocycles. The molecule has 0 fully saturated rings. The number of hydrogen-bond donors (Lipinski definition) is 3. The molecule has 5 rings (SSSR count). The summed E-state index contributed by atoms with van der Waals surface area (Å²) >= 11 is 5.54. The van der Waals surface area contributed by atoms with Crippen molar-refractivity contribution in [1.82, 2.24) is 4.58 Å². The predicted molar refractivity (Wildman–Crippen MR) is 192 cm³/mol. The van der Waals surface area contributed by atoms with Crippen LogP contribution < -0.4 is 25.5 Å². The largest absolute Gasteiger partial charge is 0.478 e. The van der Waals surface area contributed by atoms with Gasteiger partial charge in [0.1, 0.15) is 24.4 Å². The maximum atomic E-state index is 12.8. The van der Waals surface area contributed by atoms with Crippen molar-refractivity contribution >= 4 is 57.4 Å². The molecule has 3 aromatic rings. The maximum absolute atomic E-state index is 12.8. The fourth-order valence-corrected chi connectivity index (χ4v) is 5.98. The van der Waals surface area contributed by atoms with Crippen molar-refractivity contribution in [3.8, 4) is 22.5 Å². The van der Waals surface area contributed by atoms with E-state index in [0.717, 1.165) is 65.0 Å². The van der Waals surface area contributed by atoms with Gasteiger partial charge in [0.15, 0.2) is 5.11 Å². The van der Waals surface area contributed by atoms with Crippen LogP contribution in [-0.2, 0) is 0 Å². The second-order valence-corrected chi connectivity index (χ2v) is 11.1. The van der Waals surface area contributed by atoms with Gasteiger partial charge in [0.25, 0.3) is 0 Å². The van der Waals surface area contributed by atoms with Crippen LogP contribution in [0.1, 0.15) is 43.6 Å². The van der Waals surface area contributed by atoms with Gasteiger partial charge in [-0.15, -0.1) is 0 Å². The third-order valence-electron chi connectivity index (χ3n) is 8.13. The number of aromatic carboxylic acids is 1. The van der Waals surface area contributed by atoms with Crippen LogP contribution in [0.4, 0.5) is 17.1 Å². The Morgan fingerprint density at radius 1 is 0.889 bits per heavy atom. The molecule has 2 aliphatic rings. The van der Waals surface area contributed by atoms with Crippen molar-refractivity contribution in [2.75, 3.05) is 41.7 Å². The number of hydrogen-bond acceptors (Lipinski definition) is 4. The molecule has 45 heavy (non-hydrogen) atoms. The minimum atomic E-state index is -1.03. The lowest BCUT2D eigenvalue weighted by Gasteiger charge is -2.22. The quantitative estimate of drug-likeness (QED) is 0.0830. The first-order chi connectivity index (χ1) is 21.8. The molecular weight excluding hydrogens is 580 g/mol. The van der Waals surface area contributed by atoms with Crippen LogP contribution in [-0.4, -0.2) is 42.4 Å². The van der Waals surface area contributed by atoms with Gasteiger partial charge in [-0.1, -0.05) is 30.9 Å². The molecule has 3 N–H and O–H groups in total. The van der Waals surface area contributed by atoms with Gasteiger partial charge in [-0.2, -0.15) is 0 Å². The number of nitrogens with one attached hydrogen (secondary N) is 2. The summed E-state index contributed by atoms with van der Waals surface area (Å²) in [5, 5.41) is 19.0. The van der Waals surface area contributed by atoms with Gasteiger partial charge in [-0.25, -0.2) is 9.37 Å². The summed E-state index contributed by atoms with van der Waals surface area (Å²) in [5.41, 5.74) is 6.56. The summed E-state index contributed by atoms with van der Waals surface area (Å²) in [6, 6.07) is 25.3. The van der Waals surface area contributed by atoms with E-state index in [1.165, 1.54) is 0 Å². The Kier molecular flexibility index (Phi) is 9.64. The highest BCUT2D eigenvalue weighted by molar-refractivity contribution is 7.80. The number of anilines is 3. The molecule has 0 saturated carbocycles. The predicted octanol–water partition coefficient (Wildman–Crippen LogP) is 8.01. The number of thiocarbonyl (C=S) groups is 1. The maximum Gasteiger partial charge on any atom is 0.336 e. The number of carbonyl (C=O) groups is 1. The van der Waals surface area contributed by atoms with Crippen molar-refractivity contribution in [3.63, 3.8) is 0 Å². The molecule has 0 spiro atoms. The second-order valence-electron chi connectivity index (χ2n) is 10.7. The van der Waals surface area contributed by atoms with Gasteiger partial charge >= 0.3 is 5.97 Å². The Balaban J connectivity index is 1.65. The minimum absolute atomic E-state index is 0.160. The van der Waals surface area contributed by atoms with Crippen molar-refractivity contribution < 1.29 is 14.3 Å². The lowest BCUT2D eigenvalue weighted by molar-refractivity contribution is 0.0697. The minimum Gasteiger partial charge on any atom is -0.478 e. The fraction of sp³-hybridized carbons (Fsp3) is 0.216. The Morgan fingerprint density at radius 2 is 1.56 bits per heavy atom. The first-order valence-corrected chi connectivity index (χ1v) is 15.7. The molecule has 7 nitrogen and oxygen atoms in total. The van der Waals surface area contributed by atoms with Crippen LogP contribution >= 0.6 is 12.2 Å². The molecule has 0 radical (unpaired) electrons. The molecule has 0 atom stereocenters. The van der Waals surface area contributed by atoms with E-state index in [2.05, 4.69) is 78.6 Å². The van der Waals surface area contributed by atoms with Gasteiger partial charge in [-0.05, 0) is 93.5 Å². The number of carboxylic acids is 1. The van der Waals surface area contributed by atoms with E-state index in [4.69, 9.17) is 16.6 Å². The molecule has 1 aliphatic heterocycles. The van der Waals surface area contributed by atoms with Crippen molar-refractivity contribution in [1.29, 1.82) is 0 Å². The lowest BCUT2D eigenvalue weighted by atomic mass is 9.90. The van der Waals surface area contributed by atoms with Gasteiger partial charge < -0.3 is 25.1 Å². The summed E-state index contributed by atoms with van der Waals surface area (Å²) in [7, 11) is 0. The highest BCUT2D eigenvalue weighted by atomic mass is 32.1. The van der Waals surface area contributed by atoms with Crippen molar-refractivity contribution in [2.45, 2.75) is 27.7 Å². The average Bonchev–Trinajstić information content (AvgIpc) is 3.05. The van der Waals surface area contributed by atoms with Crippen LogP contribution in [0.2, 0.25) is 0 Å². The Hall–Kier alpha value is -4.95. The molecule has 0 amide bonds. The number of rotatable bonds is 10. The highest BCUT2D eigenvalue weighted by Gasteiger charge is 2.23. The molecule has 0 aromatic heterocycles. The molecular formula is C37H39N4O3S+. The fourth-order valence-electron chi connectivity index (χ4n) is 5.74. The van der Waals surface area contributed by atoms with Gasteiger partial charge in [-0.3, -0.25) is 0 Å². The first-order valence-electron chi connectivity index (χ1n) is 15.3. The Bertz CT molecular complexity index is 1920. The number of nitrogens with zero attached hydrogens (tertiary/aromatic N) is 2. The highest BCUT2D eigenvalue weighted by Crippen LogP contribution is 2.42. The summed E-state index contributed by atoms with van der Waals surface area (Å²) in [6.45, 7) is 15.7. The van der Waals surface area contributed by atoms with E-state index < -0.39 is 5.97 Å². The van der Waals surface area contributed by atoms with E-state index in [9.17, 15) is 9.90 Å². The van der Waals surface area contributed by atoms with Crippen LogP contribution in [0, 0.1) is 0 Å². The monoisotopic (exact) mass is 619 g/mol. The second kappa shape index (κ2) is 13.8. The van der Waals surface area contributed by atoms with Gasteiger partial charge in [0.2, 0.25) is 5.36 Å². The summed E-state index contributed by atoms with van der Waals surface area (Å²) in [4.78, 5) is 15.0. The molecule has 0 saturated heterocycles. The van der Waals surface area contributed by atoms with Crippen LogP contribution in [0.15, 0.2) is 89.9 Å². The molecule has 0 bridgehead atoms. The van der Waals surface area contributed by atoms with Crippen LogP contribution in [0.25, 0.3) is 39.5 Å². The average molecular weight is 620 g/mol. The molecule has 1 heterocycles. The summed E-state index contributed by atoms with van der Waals surface area (Å²) in [5.74, 6) is -0.334. The Morgan fingerprint density at radius 3 is 2.20 bits per heavy atom. The SMILES string of the molecule is C=Cc1ccc(NC(=S)Nc2ccc(-c3c4ccc(=[N+](CC)CC)cc-4oc4cc(N(CC)CC)ccc34)c(C(=O)O)c2)cc1. The van der Waals surface area contributed by atoms with E-state index in [0.29, 0.717) is 27.7 Å². The Labute approximate surface area is 269 Å². The van der Waals surface area contributed by atoms with Crippen molar-refractivity contribution in [3.05, 3.63) is 102 Å². The van der Waals surface area contributed by atoms with Gasteiger partial charge in [0, 0.05) is 58.8 Å².